The fourth-order valence-corrected chi connectivity index (χ4v) is 3.45. The predicted octanol–water partition coefficient (Wildman–Crippen LogP) is 2.78. The van der Waals surface area contributed by atoms with Crippen molar-refractivity contribution in [2.75, 3.05) is 32.7 Å². The van der Waals surface area contributed by atoms with Crippen molar-refractivity contribution in [3.63, 3.8) is 0 Å². The molecule has 0 atom stereocenters. The zero-order valence-corrected chi connectivity index (χ0v) is 11.6. The van der Waals surface area contributed by atoms with E-state index in [9.17, 15) is 0 Å². The van der Waals surface area contributed by atoms with Crippen LogP contribution in [0.1, 0.15) is 24.8 Å². The van der Waals surface area contributed by atoms with Crippen molar-refractivity contribution in [3.8, 4) is 0 Å². The third-order valence-corrected chi connectivity index (χ3v) is 4.66. The van der Waals surface area contributed by atoms with Gasteiger partial charge in [0.2, 0.25) is 0 Å². The van der Waals surface area contributed by atoms with Crippen LogP contribution in [0.4, 0.5) is 0 Å². The van der Waals surface area contributed by atoms with Crippen LogP contribution in [0.15, 0.2) is 36.4 Å². The highest BCUT2D eigenvalue weighted by Gasteiger charge is 2.38. The lowest BCUT2D eigenvalue weighted by Crippen LogP contribution is -2.38. The van der Waals surface area contributed by atoms with Crippen molar-refractivity contribution in [1.29, 1.82) is 0 Å². The molecule has 0 saturated carbocycles. The fourth-order valence-electron chi connectivity index (χ4n) is 3.45. The molecule has 1 aromatic rings. The molecule has 2 aliphatic heterocycles. The molecule has 19 heavy (non-hydrogen) atoms. The Morgan fingerprint density at radius 3 is 2.68 bits per heavy atom. The molecule has 0 amide bonds. The average Bonchev–Trinajstić information content (AvgIpc) is 2.84. The smallest absolute Gasteiger partial charge is 0.0166 e. The van der Waals surface area contributed by atoms with Crippen LogP contribution in [0, 0.1) is 5.41 Å². The van der Waals surface area contributed by atoms with Crippen LogP contribution in [-0.4, -0.2) is 37.6 Å². The third-order valence-electron chi connectivity index (χ3n) is 4.66. The second-order valence-electron chi connectivity index (χ2n) is 6.05. The molecule has 0 aliphatic carbocycles. The SMILES string of the molecule is C(=Cc1ccccc1)CN1CCC2(CCNCC2)C1. The first-order valence-corrected chi connectivity index (χ1v) is 7.51. The van der Waals surface area contributed by atoms with Crippen LogP contribution in [-0.2, 0) is 0 Å². The van der Waals surface area contributed by atoms with Crippen LogP contribution in [0.3, 0.4) is 0 Å². The Labute approximate surface area is 116 Å². The molecule has 0 bridgehead atoms. The molecule has 2 heteroatoms. The maximum Gasteiger partial charge on any atom is 0.0166 e. The van der Waals surface area contributed by atoms with Crippen LogP contribution in [0.2, 0.25) is 0 Å². The highest BCUT2D eigenvalue weighted by molar-refractivity contribution is 5.48. The lowest BCUT2D eigenvalue weighted by Gasteiger charge is -2.33. The first-order valence-electron chi connectivity index (χ1n) is 7.51. The summed E-state index contributed by atoms with van der Waals surface area (Å²) >= 11 is 0. The van der Waals surface area contributed by atoms with Crippen LogP contribution in [0.5, 0.6) is 0 Å². The number of benzene rings is 1. The molecule has 0 unspecified atom stereocenters. The molecule has 2 fully saturated rings. The average molecular weight is 256 g/mol. The third kappa shape index (κ3) is 3.26. The van der Waals surface area contributed by atoms with E-state index >= 15 is 0 Å². The Morgan fingerprint density at radius 2 is 1.89 bits per heavy atom. The van der Waals surface area contributed by atoms with Crippen LogP contribution >= 0.6 is 0 Å². The summed E-state index contributed by atoms with van der Waals surface area (Å²) in [6.45, 7) is 6.11. The van der Waals surface area contributed by atoms with E-state index in [4.69, 9.17) is 0 Å². The molecule has 0 radical (unpaired) electrons. The minimum absolute atomic E-state index is 0.631. The van der Waals surface area contributed by atoms with Crippen LogP contribution < -0.4 is 5.32 Å². The fraction of sp³-hybridized carbons (Fsp3) is 0.529. The van der Waals surface area contributed by atoms with E-state index in [1.807, 2.05) is 0 Å². The van der Waals surface area contributed by atoms with Gasteiger partial charge in [-0.15, -0.1) is 0 Å². The molecule has 2 aliphatic rings. The zero-order valence-electron chi connectivity index (χ0n) is 11.6. The summed E-state index contributed by atoms with van der Waals surface area (Å²) in [7, 11) is 0. The van der Waals surface area contributed by atoms with Gasteiger partial charge in [0.05, 0.1) is 0 Å². The number of hydrogen-bond acceptors (Lipinski definition) is 2. The highest BCUT2D eigenvalue weighted by Crippen LogP contribution is 2.38. The van der Waals surface area contributed by atoms with E-state index in [2.05, 4.69) is 52.7 Å². The lowest BCUT2D eigenvalue weighted by molar-refractivity contribution is 0.202. The lowest BCUT2D eigenvalue weighted by atomic mass is 9.78. The van der Waals surface area contributed by atoms with Crippen molar-refractivity contribution in [2.45, 2.75) is 19.3 Å². The minimum atomic E-state index is 0.631. The number of nitrogens with one attached hydrogen (secondary N) is 1. The Kier molecular flexibility index (Phi) is 4.00. The molecule has 0 aromatic heterocycles. The monoisotopic (exact) mass is 256 g/mol. The van der Waals surface area contributed by atoms with Gasteiger partial charge in [-0.25, -0.2) is 0 Å². The van der Waals surface area contributed by atoms with Gasteiger partial charge in [-0.2, -0.15) is 0 Å². The first-order chi connectivity index (χ1) is 9.36. The van der Waals surface area contributed by atoms with E-state index in [0.29, 0.717) is 5.41 Å². The van der Waals surface area contributed by atoms with Crippen LogP contribution in [0.25, 0.3) is 6.08 Å². The van der Waals surface area contributed by atoms with Crippen molar-refractivity contribution >= 4 is 6.08 Å². The van der Waals surface area contributed by atoms with Gasteiger partial charge in [0.25, 0.3) is 0 Å². The van der Waals surface area contributed by atoms with Gasteiger partial charge in [0.15, 0.2) is 0 Å². The summed E-state index contributed by atoms with van der Waals surface area (Å²) in [6, 6.07) is 10.6. The number of rotatable bonds is 3. The molecule has 1 aromatic carbocycles. The molecule has 2 saturated heterocycles. The van der Waals surface area contributed by atoms with Crippen molar-refractivity contribution < 1.29 is 0 Å². The zero-order chi connectivity index (χ0) is 13.0. The Hall–Kier alpha value is -1.12. The van der Waals surface area contributed by atoms with Gasteiger partial charge in [-0.3, -0.25) is 4.90 Å². The summed E-state index contributed by atoms with van der Waals surface area (Å²) in [4.78, 5) is 2.62. The van der Waals surface area contributed by atoms with Gasteiger partial charge < -0.3 is 5.32 Å². The molecule has 1 spiro atoms. The van der Waals surface area contributed by atoms with Gasteiger partial charge >= 0.3 is 0 Å². The molecular formula is C17H24N2. The van der Waals surface area contributed by atoms with Crippen molar-refractivity contribution in [1.82, 2.24) is 10.2 Å². The molecular weight excluding hydrogens is 232 g/mol. The summed E-state index contributed by atoms with van der Waals surface area (Å²) in [5.74, 6) is 0. The van der Waals surface area contributed by atoms with Crippen molar-refractivity contribution in [2.24, 2.45) is 5.41 Å². The van der Waals surface area contributed by atoms with Gasteiger partial charge in [0, 0.05) is 13.1 Å². The second-order valence-corrected chi connectivity index (χ2v) is 6.05. The number of hydrogen-bond donors (Lipinski definition) is 1. The molecule has 3 rings (SSSR count). The van der Waals surface area contributed by atoms with E-state index in [0.717, 1.165) is 6.54 Å². The summed E-state index contributed by atoms with van der Waals surface area (Å²) in [5, 5.41) is 3.48. The summed E-state index contributed by atoms with van der Waals surface area (Å²) < 4.78 is 0. The summed E-state index contributed by atoms with van der Waals surface area (Å²) in [5.41, 5.74) is 1.93. The van der Waals surface area contributed by atoms with E-state index in [-0.39, 0.29) is 0 Å². The highest BCUT2D eigenvalue weighted by atomic mass is 15.2. The van der Waals surface area contributed by atoms with E-state index in [1.165, 1.54) is 51.0 Å². The predicted molar refractivity (Wildman–Crippen MR) is 81.1 cm³/mol. The number of nitrogens with zero attached hydrogens (tertiary/aromatic N) is 1. The van der Waals surface area contributed by atoms with E-state index < -0.39 is 0 Å². The molecule has 2 heterocycles. The second kappa shape index (κ2) is 5.89. The number of piperidine rings is 1. The topological polar surface area (TPSA) is 15.3 Å². The molecule has 1 N–H and O–H groups in total. The standard InChI is InChI=1S/C17H24N2/c1-2-5-16(6-3-1)7-4-13-19-14-10-17(15-19)8-11-18-12-9-17/h1-7,18H,8-15H2. The van der Waals surface area contributed by atoms with Gasteiger partial charge in [0.1, 0.15) is 0 Å². The Balaban J connectivity index is 1.51. The largest absolute Gasteiger partial charge is 0.317 e. The normalized spacial score (nSPS) is 23.4. The Morgan fingerprint density at radius 1 is 1.11 bits per heavy atom. The number of likely N-dealkylation sites (tertiary alicyclic amines) is 1. The quantitative estimate of drug-likeness (QED) is 0.894. The van der Waals surface area contributed by atoms with E-state index in [1.54, 1.807) is 0 Å². The maximum atomic E-state index is 3.48. The van der Waals surface area contributed by atoms with Crippen molar-refractivity contribution in [3.05, 3.63) is 42.0 Å². The minimum Gasteiger partial charge on any atom is -0.317 e. The van der Waals surface area contributed by atoms with Gasteiger partial charge in [-0.05, 0) is 49.9 Å². The van der Waals surface area contributed by atoms with Gasteiger partial charge in [-0.1, -0.05) is 42.5 Å². The summed E-state index contributed by atoms with van der Waals surface area (Å²) in [6.07, 6.45) is 8.69. The molecule has 2 nitrogen and oxygen atoms in total. The Bertz CT molecular complexity index is 418. The maximum absolute atomic E-state index is 3.48. The molecule has 102 valence electrons. The first kappa shape index (κ1) is 12.9.